The maximum atomic E-state index is 12.8. The molecule has 0 radical (unpaired) electrons. The van der Waals surface area contributed by atoms with E-state index in [2.05, 4.69) is 12.2 Å². The van der Waals surface area contributed by atoms with Crippen molar-refractivity contribution in [3.8, 4) is 0 Å². The van der Waals surface area contributed by atoms with Crippen molar-refractivity contribution in [2.45, 2.75) is 38.6 Å². The van der Waals surface area contributed by atoms with E-state index < -0.39 is 5.97 Å². The number of rotatable bonds is 6. The summed E-state index contributed by atoms with van der Waals surface area (Å²) in [7, 11) is 0. The number of benzene rings is 1. The first-order chi connectivity index (χ1) is 9.56. The van der Waals surface area contributed by atoms with Gasteiger partial charge in [-0.25, -0.2) is 4.39 Å². The van der Waals surface area contributed by atoms with Crippen LogP contribution in [0.3, 0.4) is 0 Å². The van der Waals surface area contributed by atoms with Gasteiger partial charge < -0.3 is 10.4 Å². The maximum absolute atomic E-state index is 12.8. The summed E-state index contributed by atoms with van der Waals surface area (Å²) in [6, 6.07) is 6.79. The number of halogens is 1. The van der Waals surface area contributed by atoms with Crippen molar-refractivity contribution in [1.82, 2.24) is 5.32 Å². The normalized spacial score (nSPS) is 23.7. The molecule has 0 heterocycles. The summed E-state index contributed by atoms with van der Waals surface area (Å²) >= 11 is 0. The fourth-order valence-electron chi connectivity index (χ4n) is 3.01. The second-order valence-corrected chi connectivity index (χ2v) is 5.78. The van der Waals surface area contributed by atoms with Gasteiger partial charge in [-0.15, -0.1) is 0 Å². The van der Waals surface area contributed by atoms with Crippen LogP contribution in [-0.4, -0.2) is 23.7 Å². The lowest BCUT2D eigenvalue weighted by molar-refractivity contribution is -0.142. The smallest absolute Gasteiger partial charge is 0.306 e. The summed E-state index contributed by atoms with van der Waals surface area (Å²) in [6.07, 6.45) is 3.63. The molecule has 0 saturated heterocycles. The van der Waals surface area contributed by atoms with Crippen LogP contribution >= 0.6 is 0 Å². The van der Waals surface area contributed by atoms with Crippen LogP contribution in [0.15, 0.2) is 24.3 Å². The standard InChI is InChI=1S/C16H22FNO2/c1-11(9-12-5-7-14(17)8-6-12)18-10-13-3-2-4-15(13)16(19)20/h5-8,11,13,15,18H,2-4,9-10H2,1H3,(H,19,20). The van der Waals surface area contributed by atoms with Crippen LogP contribution in [0.5, 0.6) is 0 Å². The average Bonchev–Trinajstić information content (AvgIpc) is 2.88. The van der Waals surface area contributed by atoms with Crippen LogP contribution in [-0.2, 0) is 11.2 Å². The van der Waals surface area contributed by atoms with Crippen molar-refractivity contribution in [3.05, 3.63) is 35.6 Å². The zero-order valence-corrected chi connectivity index (χ0v) is 11.8. The van der Waals surface area contributed by atoms with Crippen molar-refractivity contribution in [3.63, 3.8) is 0 Å². The Bertz CT molecular complexity index is 446. The third kappa shape index (κ3) is 4.04. The summed E-state index contributed by atoms with van der Waals surface area (Å²) in [4.78, 5) is 11.1. The minimum atomic E-state index is -0.666. The topological polar surface area (TPSA) is 49.3 Å². The lowest BCUT2D eigenvalue weighted by Gasteiger charge is -2.20. The molecule has 2 N–H and O–H groups in total. The molecule has 0 amide bonds. The predicted octanol–water partition coefficient (Wildman–Crippen LogP) is 2.85. The van der Waals surface area contributed by atoms with Crippen molar-refractivity contribution in [2.24, 2.45) is 11.8 Å². The molecule has 0 bridgehead atoms. The third-order valence-electron chi connectivity index (χ3n) is 4.16. The Morgan fingerprint density at radius 2 is 2.10 bits per heavy atom. The van der Waals surface area contributed by atoms with Crippen molar-refractivity contribution < 1.29 is 14.3 Å². The molecule has 3 atom stereocenters. The van der Waals surface area contributed by atoms with Gasteiger partial charge in [0.25, 0.3) is 0 Å². The van der Waals surface area contributed by atoms with Crippen molar-refractivity contribution in [2.75, 3.05) is 6.54 Å². The largest absolute Gasteiger partial charge is 0.481 e. The van der Waals surface area contributed by atoms with Gasteiger partial charge in [0.05, 0.1) is 5.92 Å². The molecule has 110 valence electrons. The van der Waals surface area contributed by atoms with Crippen LogP contribution in [0.4, 0.5) is 4.39 Å². The Labute approximate surface area is 119 Å². The van der Waals surface area contributed by atoms with Crippen molar-refractivity contribution in [1.29, 1.82) is 0 Å². The lowest BCUT2D eigenvalue weighted by Crippen LogP contribution is -2.35. The SMILES string of the molecule is CC(Cc1ccc(F)cc1)NCC1CCCC1C(=O)O. The average molecular weight is 279 g/mol. The van der Waals surface area contributed by atoms with E-state index in [0.29, 0.717) is 0 Å². The molecule has 1 saturated carbocycles. The maximum Gasteiger partial charge on any atom is 0.306 e. The highest BCUT2D eigenvalue weighted by atomic mass is 19.1. The summed E-state index contributed by atoms with van der Waals surface area (Å²) in [6.45, 7) is 2.83. The zero-order chi connectivity index (χ0) is 14.5. The Kier molecular flexibility index (Phi) is 5.12. The number of nitrogens with one attached hydrogen (secondary N) is 1. The number of carbonyl (C=O) groups is 1. The lowest BCUT2D eigenvalue weighted by atomic mass is 9.95. The molecule has 1 aromatic rings. The molecule has 1 aliphatic carbocycles. The molecular formula is C16H22FNO2. The molecule has 20 heavy (non-hydrogen) atoms. The second-order valence-electron chi connectivity index (χ2n) is 5.78. The van der Waals surface area contributed by atoms with Crippen LogP contribution in [0.1, 0.15) is 31.7 Å². The quantitative estimate of drug-likeness (QED) is 0.842. The van der Waals surface area contributed by atoms with Gasteiger partial charge in [0.15, 0.2) is 0 Å². The Hall–Kier alpha value is -1.42. The number of carboxylic acids is 1. The van der Waals surface area contributed by atoms with E-state index in [9.17, 15) is 9.18 Å². The van der Waals surface area contributed by atoms with Crippen LogP contribution in [0.25, 0.3) is 0 Å². The van der Waals surface area contributed by atoms with Gasteiger partial charge in [0, 0.05) is 6.04 Å². The third-order valence-corrected chi connectivity index (χ3v) is 4.16. The zero-order valence-electron chi connectivity index (χ0n) is 11.8. The van der Waals surface area contributed by atoms with Gasteiger partial charge in [-0.2, -0.15) is 0 Å². The summed E-state index contributed by atoms with van der Waals surface area (Å²) in [5.41, 5.74) is 1.09. The van der Waals surface area contributed by atoms with Crippen molar-refractivity contribution >= 4 is 5.97 Å². The molecule has 0 aliphatic heterocycles. The highest BCUT2D eigenvalue weighted by Gasteiger charge is 2.32. The Morgan fingerprint density at radius 3 is 2.75 bits per heavy atom. The van der Waals surface area contributed by atoms with E-state index in [1.54, 1.807) is 12.1 Å². The predicted molar refractivity (Wildman–Crippen MR) is 76.0 cm³/mol. The first-order valence-electron chi connectivity index (χ1n) is 7.27. The van der Waals surface area contributed by atoms with E-state index in [-0.39, 0.29) is 23.7 Å². The summed E-state index contributed by atoms with van der Waals surface area (Å²) in [5.74, 6) is -0.839. The van der Waals surface area contributed by atoms with Gasteiger partial charge in [-0.05, 0) is 56.3 Å². The molecule has 1 aliphatic rings. The van der Waals surface area contributed by atoms with Crippen LogP contribution in [0, 0.1) is 17.7 Å². The summed E-state index contributed by atoms with van der Waals surface area (Å²) in [5, 5.41) is 12.6. The van der Waals surface area contributed by atoms with Gasteiger partial charge in [0.1, 0.15) is 5.82 Å². The number of carboxylic acid groups (broad SMARTS) is 1. The highest BCUT2D eigenvalue weighted by molar-refractivity contribution is 5.70. The Morgan fingerprint density at radius 1 is 1.40 bits per heavy atom. The van der Waals surface area contributed by atoms with E-state index in [1.165, 1.54) is 12.1 Å². The van der Waals surface area contributed by atoms with Gasteiger partial charge in [0.2, 0.25) is 0 Å². The monoisotopic (exact) mass is 279 g/mol. The fourth-order valence-corrected chi connectivity index (χ4v) is 3.01. The second kappa shape index (κ2) is 6.84. The van der Waals surface area contributed by atoms with Gasteiger partial charge >= 0.3 is 5.97 Å². The van der Waals surface area contributed by atoms with Gasteiger partial charge in [-0.3, -0.25) is 4.79 Å². The van der Waals surface area contributed by atoms with Crippen LogP contribution < -0.4 is 5.32 Å². The minimum Gasteiger partial charge on any atom is -0.481 e. The van der Waals surface area contributed by atoms with E-state index in [4.69, 9.17) is 5.11 Å². The highest BCUT2D eigenvalue weighted by Crippen LogP contribution is 2.31. The molecule has 3 nitrogen and oxygen atoms in total. The van der Waals surface area contributed by atoms with E-state index >= 15 is 0 Å². The molecule has 2 rings (SSSR count). The van der Waals surface area contributed by atoms with Gasteiger partial charge in [-0.1, -0.05) is 18.6 Å². The van der Waals surface area contributed by atoms with Crippen LogP contribution in [0.2, 0.25) is 0 Å². The fraction of sp³-hybridized carbons (Fsp3) is 0.562. The first kappa shape index (κ1) is 15.0. The van der Waals surface area contributed by atoms with E-state index in [0.717, 1.165) is 37.8 Å². The van der Waals surface area contributed by atoms with E-state index in [1.807, 2.05) is 0 Å². The summed E-state index contributed by atoms with van der Waals surface area (Å²) < 4.78 is 12.8. The molecule has 0 aromatic heterocycles. The molecule has 0 spiro atoms. The first-order valence-corrected chi connectivity index (χ1v) is 7.27. The molecule has 1 aromatic carbocycles. The molecule has 4 heteroatoms. The minimum absolute atomic E-state index is 0.194. The molecule has 1 fully saturated rings. The Balaban J connectivity index is 1.78. The number of hydrogen-bond donors (Lipinski definition) is 2. The molecular weight excluding hydrogens is 257 g/mol. The number of aliphatic carboxylic acids is 1. The molecule has 3 unspecified atom stereocenters. The number of hydrogen-bond acceptors (Lipinski definition) is 2.